The van der Waals surface area contributed by atoms with E-state index in [4.69, 9.17) is 0 Å². The molecule has 1 saturated carbocycles. The Morgan fingerprint density at radius 2 is 1.85 bits per heavy atom. The maximum Gasteiger partial charge on any atom is 0.314 e. The van der Waals surface area contributed by atoms with Crippen LogP contribution in [-0.4, -0.2) is 24.1 Å². The van der Waals surface area contributed by atoms with E-state index in [0.29, 0.717) is 11.8 Å². The molecule has 2 atom stereocenters. The van der Waals surface area contributed by atoms with E-state index in [1.165, 1.54) is 50.5 Å². The molecule has 0 aromatic carbocycles. The number of hydrogen-bond acceptors (Lipinski definition) is 2. The number of pyridine rings is 1. The highest BCUT2D eigenvalue weighted by molar-refractivity contribution is 5.73. The lowest BCUT2D eigenvalue weighted by atomic mass is 9.87. The van der Waals surface area contributed by atoms with Crippen LogP contribution in [0.1, 0.15) is 77.2 Å². The summed E-state index contributed by atoms with van der Waals surface area (Å²) in [6, 6.07) is 4.22. The van der Waals surface area contributed by atoms with Crippen molar-refractivity contribution >= 4 is 6.03 Å². The van der Waals surface area contributed by atoms with Crippen LogP contribution < -0.4 is 10.6 Å². The van der Waals surface area contributed by atoms with Gasteiger partial charge in [-0.15, -0.1) is 0 Å². The molecule has 1 heterocycles. The number of aromatic nitrogens is 1. The lowest BCUT2D eigenvalue weighted by Gasteiger charge is -2.22. The zero-order valence-corrected chi connectivity index (χ0v) is 17.4. The van der Waals surface area contributed by atoms with Gasteiger partial charge in [-0.2, -0.15) is 0 Å². The molecule has 1 aliphatic rings. The molecule has 2 N–H and O–H groups in total. The van der Waals surface area contributed by atoms with Crippen LogP contribution in [0.4, 0.5) is 4.79 Å². The maximum absolute atomic E-state index is 12.0. The summed E-state index contributed by atoms with van der Waals surface area (Å²) in [5.74, 6) is 2.15. The molecule has 1 fully saturated rings. The zero-order valence-electron chi connectivity index (χ0n) is 17.4. The quantitative estimate of drug-likeness (QED) is 0.550. The highest BCUT2D eigenvalue weighted by atomic mass is 16.2. The van der Waals surface area contributed by atoms with Crippen molar-refractivity contribution in [1.29, 1.82) is 0 Å². The van der Waals surface area contributed by atoms with E-state index in [9.17, 15) is 4.79 Å². The molecule has 1 aromatic heterocycles. The summed E-state index contributed by atoms with van der Waals surface area (Å²) in [6.45, 7) is 6.18. The summed E-state index contributed by atoms with van der Waals surface area (Å²) in [5, 5.41) is 6.09. The summed E-state index contributed by atoms with van der Waals surface area (Å²) < 4.78 is 0. The first-order chi connectivity index (χ1) is 13.2. The van der Waals surface area contributed by atoms with Crippen LogP contribution in [0.25, 0.3) is 0 Å². The number of rotatable bonds is 11. The highest BCUT2D eigenvalue weighted by Gasteiger charge is 2.14. The molecule has 2 unspecified atom stereocenters. The molecular weight excluding hydrogens is 334 g/mol. The predicted octanol–water partition coefficient (Wildman–Crippen LogP) is 5.34. The van der Waals surface area contributed by atoms with E-state index in [1.54, 1.807) is 0 Å². The molecular formula is C23H39N3O. The van der Waals surface area contributed by atoms with Crippen molar-refractivity contribution in [3.8, 4) is 0 Å². The topological polar surface area (TPSA) is 54.0 Å². The predicted molar refractivity (Wildman–Crippen MR) is 113 cm³/mol. The Balaban J connectivity index is 1.55. The smallest absolute Gasteiger partial charge is 0.314 e. The standard InChI is InChI=1S/C23H39N3O/c1-3-20(17-19(2)18-22-9-13-24-14-10-22)11-15-25-23(27)26-16-12-21-7-5-4-6-8-21/h9-10,13-14,19-21H,3-8,11-12,15-18H2,1-2H3,(H2,25,26,27). The second-order valence-corrected chi connectivity index (χ2v) is 8.44. The molecule has 4 heteroatoms. The van der Waals surface area contributed by atoms with Crippen LogP contribution in [0.15, 0.2) is 24.5 Å². The normalized spacial score (nSPS) is 17.3. The molecule has 0 spiro atoms. The Hall–Kier alpha value is -1.58. The number of carbonyl (C=O) groups is 1. The third kappa shape index (κ3) is 9.25. The third-order valence-electron chi connectivity index (χ3n) is 6.05. The number of hydrogen-bond donors (Lipinski definition) is 2. The Morgan fingerprint density at radius 1 is 1.15 bits per heavy atom. The fourth-order valence-corrected chi connectivity index (χ4v) is 4.38. The average Bonchev–Trinajstić information content (AvgIpc) is 2.68. The van der Waals surface area contributed by atoms with Crippen LogP contribution in [-0.2, 0) is 6.42 Å². The second-order valence-electron chi connectivity index (χ2n) is 8.44. The van der Waals surface area contributed by atoms with Crippen LogP contribution >= 0.6 is 0 Å². The number of carbonyl (C=O) groups excluding carboxylic acids is 1. The molecule has 0 aliphatic heterocycles. The Bertz CT molecular complexity index is 514. The van der Waals surface area contributed by atoms with Crippen molar-refractivity contribution in [1.82, 2.24) is 15.6 Å². The molecule has 0 saturated heterocycles. The van der Waals surface area contributed by atoms with Gasteiger partial charge >= 0.3 is 6.03 Å². The number of amides is 2. The lowest BCUT2D eigenvalue weighted by Crippen LogP contribution is -2.37. The van der Waals surface area contributed by atoms with Crippen molar-refractivity contribution in [2.45, 2.75) is 78.1 Å². The lowest BCUT2D eigenvalue weighted by molar-refractivity contribution is 0.237. The minimum atomic E-state index is 0.00509. The maximum atomic E-state index is 12.0. The Labute approximate surface area is 165 Å². The molecule has 152 valence electrons. The van der Waals surface area contributed by atoms with Gasteiger partial charge in [-0.05, 0) is 61.1 Å². The molecule has 27 heavy (non-hydrogen) atoms. The molecule has 1 aliphatic carbocycles. The highest BCUT2D eigenvalue weighted by Crippen LogP contribution is 2.25. The van der Waals surface area contributed by atoms with E-state index in [2.05, 4.69) is 41.6 Å². The zero-order chi connectivity index (χ0) is 19.3. The summed E-state index contributed by atoms with van der Waals surface area (Å²) >= 11 is 0. The van der Waals surface area contributed by atoms with Crippen molar-refractivity contribution in [3.05, 3.63) is 30.1 Å². The number of urea groups is 1. The minimum Gasteiger partial charge on any atom is -0.338 e. The van der Waals surface area contributed by atoms with Crippen LogP contribution in [0.5, 0.6) is 0 Å². The van der Waals surface area contributed by atoms with Gasteiger partial charge in [0.05, 0.1) is 0 Å². The van der Waals surface area contributed by atoms with Gasteiger partial charge in [0, 0.05) is 25.5 Å². The molecule has 2 rings (SSSR count). The Kier molecular flexibility index (Phi) is 10.3. The van der Waals surface area contributed by atoms with E-state index < -0.39 is 0 Å². The van der Waals surface area contributed by atoms with Gasteiger partial charge in [0.2, 0.25) is 0 Å². The van der Waals surface area contributed by atoms with Crippen molar-refractivity contribution < 1.29 is 4.79 Å². The first-order valence-corrected chi connectivity index (χ1v) is 11.1. The average molecular weight is 374 g/mol. The van der Waals surface area contributed by atoms with Gasteiger partial charge in [0.25, 0.3) is 0 Å². The van der Waals surface area contributed by atoms with Crippen molar-refractivity contribution in [2.75, 3.05) is 13.1 Å². The second kappa shape index (κ2) is 12.7. The van der Waals surface area contributed by atoms with Gasteiger partial charge in [-0.3, -0.25) is 4.98 Å². The molecule has 1 aromatic rings. The van der Waals surface area contributed by atoms with Gasteiger partial charge in [0.1, 0.15) is 0 Å². The fraction of sp³-hybridized carbons (Fsp3) is 0.739. The molecule has 4 nitrogen and oxygen atoms in total. The fourth-order valence-electron chi connectivity index (χ4n) is 4.38. The van der Waals surface area contributed by atoms with Crippen LogP contribution in [0, 0.1) is 17.8 Å². The van der Waals surface area contributed by atoms with Crippen LogP contribution in [0.2, 0.25) is 0 Å². The SMILES string of the molecule is CCC(CCNC(=O)NCCC1CCCCC1)CC(C)Cc1ccncc1. The van der Waals surface area contributed by atoms with Crippen molar-refractivity contribution in [2.24, 2.45) is 17.8 Å². The van der Waals surface area contributed by atoms with Gasteiger partial charge in [0.15, 0.2) is 0 Å². The first kappa shape index (κ1) is 21.7. The van der Waals surface area contributed by atoms with Gasteiger partial charge in [-0.25, -0.2) is 4.79 Å². The van der Waals surface area contributed by atoms with E-state index in [-0.39, 0.29) is 6.03 Å². The van der Waals surface area contributed by atoms with E-state index >= 15 is 0 Å². The third-order valence-corrected chi connectivity index (χ3v) is 6.05. The van der Waals surface area contributed by atoms with Gasteiger partial charge < -0.3 is 10.6 Å². The monoisotopic (exact) mass is 373 g/mol. The largest absolute Gasteiger partial charge is 0.338 e. The molecule has 0 radical (unpaired) electrons. The summed E-state index contributed by atoms with van der Waals surface area (Å²) in [7, 11) is 0. The van der Waals surface area contributed by atoms with Crippen LogP contribution in [0.3, 0.4) is 0 Å². The number of nitrogens with zero attached hydrogens (tertiary/aromatic N) is 1. The Morgan fingerprint density at radius 3 is 2.56 bits per heavy atom. The summed E-state index contributed by atoms with van der Waals surface area (Å²) in [4.78, 5) is 16.1. The van der Waals surface area contributed by atoms with Crippen molar-refractivity contribution in [3.63, 3.8) is 0 Å². The van der Waals surface area contributed by atoms with E-state index in [1.807, 2.05) is 12.4 Å². The number of nitrogens with one attached hydrogen (secondary N) is 2. The minimum absolute atomic E-state index is 0.00509. The molecule has 2 amide bonds. The first-order valence-electron chi connectivity index (χ1n) is 11.1. The molecule has 0 bridgehead atoms. The van der Waals surface area contributed by atoms with E-state index in [0.717, 1.165) is 38.3 Å². The summed E-state index contributed by atoms with van der Waals surface area (Å²) in [5.41, 5.74) is 1.36. The summed E-state index contributed by atoms with van der Waals surface area (Å²) in [6.07, 6.45) is 16.3. The van der Waals surface area contributed by atoms with Gasteiger partial charge in [-0.1, -0.05) is 52.4 Å².